The number of rotatable bonds is 4. The summed E-state index contributed by atoms with van der Waals surface area (Å²) in [5.74, 6) is 0.669. The molecule has 0 atom stereocenters. The van der Waals surface area contributed by atoms with Crippen molar-refractivity contribution in [1.29, 1.82) is 0 Å². The minimum absolute atomic E-state index is 0.0239. The molecule has 114 valence electrons. The quantitative estimate of drug-likeness (QED) is 0.794. The molecule has 1 aromatic rings. The first-order valence-electron chi connectivity index (χ1n) is 6.86. The normalized spacial score (nSPS) is 15.9. The molecular formula is C15H19ClN2O3. The Labute approximate surface area is 129 Å². The monoisotopic (exact) mass is 310 g/mol. The maximum atomic E-state index is 12.3. The lowest BCUT2D eigenvalue weighted by atomic mass is 10.1. The SMILES string of the molecule is COc1ccc(C(=O)CN2CCN(C(C)=O)CC2)cc1Cl. The molecule has 0 bridgehead atoms. The van der Waals surface area contributed by atoms with Crippen LogP contribution in [0.5, 0.6) is 5.75 Å². The number of carbonyl (C=O) groups is 2. The number of carbonyl (C=O) groups excluding carboxylic acids is 2. The van der Waals surface area contributed by atoms with E-state index in [9.17, 15) is 9.59 Å². The van der Waals surface area contributed by atoms with E-state index in [0.717, 1.165) is 13.1 Å². The van der Waals surface area contributed by atoms with Crippen LogP contribution in [0.15, 0.2) is 18.2 Å². The van der Waals surface area contributed by atoms with E-state index in [-0.39, 0.29) is 11.7 Å². The minimum atomic E-state index is 0.0239. The fraction of sp³-hybridized carbons (Fsp3) is 0.467. The van der Waals surface area contributed by atoms with E-state index in [0.29, 0.717) is 36.0 Å². The maximum Gasteiger partial charge on any atom is 0.219 e. The van der Waals surface area contributed by atoms with Crippen molar-refractivity contribution in [2.45, 2.75) is 6.92 Å². The Hall–Kier alpha value is -1.59. The molecule has 1 aromatic carbocycles. The number of halogens is 1. The second-order valence-electron chi connectivity index (χ2n) is 5.05. The average Bonchev–Trinajstić information content (AvgIpc) is 2.47. The van der Waals surface area contributed by atoms with Crippen LogP contribution in [-0.2, 0) is 4.79 Å². The molecule has 1 aliphatic heterocycles. The molecule has 0 N–H and O–H groups in total. The van der Waals surface area contributed by atoms with Crippen LogP contribution < -0.4 is 4.74 Å². The van der Waals surface area contributed by atoms with Crippen LogP contribution in [0.4, 0.5) is 0 Å². The number of piperazine rings is 1. The summed E-state index contributed by atoms with van der Waals surface area (Å²) in [6.45, 7) is 4.69. The number of hydrogen-bond acceptors (Lipinski definition) is 4. The van der Waals surface area contributed by atoms with Crippen molar-refractivity contribution < 1.29 is 14.3 Å². The molecule has 6 heteroatoms. The lowest BCUT2D eigenvalue weighted by molar-refractivity contribution is -0.130. The van der Waals surface area contributed by atoms with Crippen molar-refractivity contribution in [2.75, 3.05) is 39.8 Å². The van der Waals surface area contributed by atoms with Gasteiger partial charge >= 0.3 is 0 Å². The summed E-state index contributed by atoms with van der Waals surface area (Å²) >= 11 is 6.04. The number of ketones is 1. The molecule has 0 aliphatic carbocycles. The van der Waals surface area contributed by atoms with Gasteiger partial charge in [-0.2, -0.15) is 0 Å². The van der Waals surface area contributed by atoms with Crippen molar-refractivity contribution in [1.82, 2.24) is 9.80 Å². The van der Waals surface area contributed by atoms with Crippen molar-refractivity contribution in [3.05, 3.63) is 28.8 Å². The Kier molecular flexibility index (Phi) is 5.20. The molecule has 0 saturated carbocycles. The van der Waals surface area contributed by atoms with Gasteiger partial charge in [0.25, 0.3) is 0 Å². The highest BCUT2D eigenvalue weighted by atomic mass is 35.5. The van der Waals surface area contributed by atoms with E-state index in [1.54, 1.807) is 30.0 Å². The molecule has 1 saturated heterocycles. The van der Waals surface area contributed by atoms with Gasteiger partial charge in [0.15, 0.2) is 5.78 Å². The Balaban J connectivity index is 1.93. The van der Waals surface area contributed by atoms with Gasteiger partial charge in [0.05, 0.1) is 18.7 Å². The number of methoxy groups -OCH3 is 1. The molecule has 0 radical (unpaired) electrons. The summed E-state index contributed by atoms with van der Waals surface area (Å²) in [5, 5.41) is 0.435. The first-order chi connectivity index (χ1) is 10.0. The van der Waals surface area contributed by atoms with Crippen molar-refractivity contribution in [3.63, 3.8) is 0 Å². The summed E-state index contributed by atoms with van der Waals surface area (Å²) in [7, 11) is 1.54. The van der Waals surface area contributed by atoms with Gasteiger partial charge < -0.3 is 9.64 Å². The predicted octanol–water partition coefficient (Wildman–Crippen LogP) is 1.70. The molecule has 0 spiro atoms. The van der Waals surface area contributed by atoms with Crippen LogP contribution in [0.2, 0.25) is 5.02 Å². The molecule has 2 rings (SSSR count). The molecule has 1 fully saturated rings. The third kappa shape index (κ3) is 3.95. The Bertz CT molecular complexity index is 540. The largest absolute Gasteiger partial charge is 0.495 e. The highest BCUT2D eigenvalue weighted by Crippen LogP contribution is 2.25. The van der Waals surface area contributed by atoms with E-state index in [4.69, 9.17) is 16.3 Å². The molecule has 0 unspecified atom stereocenters. The second kappa shape index (κ2) is 6.91. The van der Waals surface area contributed by atoms with E-state index >= 15 is 0 Å². The highest BCUT2D eigenvalue weighted by Gasteiger charge is 2.21. The zero-order valence-corrected chi connectivity index (χ0v) is 13.0. The summed E-state index contributed by atoms with van der Waals surface area (Å²) < 4.78 is 5.07. The number of ether oxygens (including phenoxy) is 1. The van der Waals surface area contributed by atoms with Crippen molar-refractivity contribution in [2.24, 2.45) is 0 Å². The van der Waals surface area contributed by atoms with Crippen LogP contribution in [0.1, 0.15) is 17.3 Å². The lowest BCUT2D eigenvalue weighted by Gasteiger charge is -2.33. The zero-order chi connectivity index (χ0) is 15.4. The summed E-state index contributed by atoms with van der Waals surface area (Å²) in [5.41, 5.74) is 0.579. The topological polar surface area (TPSA) is 49.9 Å². The van der Waals surface area contributed by atoms with Gasteiger partial charge in [-0.1, -0.05) is 11.6 Å². The van der Waals surface area contributed by atoms with E-state index in [1.807, 2.05) is 0 Å². The van der Waals surface area contributed by atoms with Gasteiger partial charge in [0.1, 0.15) is 5.75 Å². The summed E-state index contributed by atoms with van der Waals surface area (Å²) in [4.78, 5) is 27.4. The fourth-order valence-electron chi connectivity index (χ4n) is 2.36. The fourth-order valence-corrected chi connectivity index (χ4v) is 2.61. The van der Waals surface area contributed by atoms with Crippen molar-refractivity contribution >= 4 is 23.3 Å². The Morgan fingerprint density at radius 1 is 1.24 bits per heavy atom. The molecule has 5 nitrogen and oxygen atoms in total. The predicted molar refractivity (Wildman–Crippen MR) is 81.0 cm³/mol. The first kappa shape index (κ1) is 15.8. The van der Waals surface area contributed by atoms with E-state index < -0.39 is 0 Å². The first-order valence-corrected chi connectivity index (χ1v) is 7.23. The number of hydrogen-bond donors (Lipinski definition) is 0. The number of benzene rings is 1. The summed E-state index contributed by atoms with van der Waals surface area (Å²) in [6.07, 6.45) is 0. The van der Waals surface area contributed by atoms with Gasteiger partial charge in [-0.05, 0) is 18.2 Å². The van der Waals surface area contributed by atoms with Gasteiger partial charge in [0.2, 0.25) is 5.91 Å². The van der Waals surface area contributed by atoms with E-state index in [2.05, 4.69) is 4.90 Å². The number of Topliss-reactive ketones (excluding diaryl/α,β-unsaturated/α-hetero) is 1. The maximum absolute atomic E-state index is 12.3. The second-order valence-corrected chi connectivity index (χ2v) is 5.46. The average molecular weight is 311 g/mol. The summed E-state index contributed by atoms with van der Waals surface area (Å²) in [6, 6.07) is 5.05. The van der Waals surface area contributed by atoms with Crippen molar-refractivity contribution in [3.8, 4) is 5.75 Å². The van der Waals surface area contributed by atoms with Crippen LogP contribution in [-0.4, -0.2) is 61.3 Å². The highest BCUT2D eigenvalue weighted by molar-refractivity contribution is 6.32. The lowest BCUT2D eigenvalue weighted by Crippen LogP contribution is -2.49. The molecule has 1 aliphatic rings. The van der Waals surface area contributed by atoms with Crippen LogP contribution >= 0.6 is 11.6 Å². The van der Waals surface area contributed by atoms with Gasteiger partial charge in [-0.25, -0.2) is 0 Å². The Morgan fingerprint density at radius 2 is 1.90 bits per heavy atom. The molecule has 1 heterocycles. The third-order valence-electron chi connectivity index (χ3n) is 3.66. The Morgan fingerprint density at radius 3 is 2.43 bits per heavy atom. The van der Waals surface area contributed by atoms with Gasteiger partial charge in [0, 0.05) is 38.7 Å². The van der Waals surface area contributed by atoms with Crippen LogP contribution in [0.3, 0.4) is 0 Å². The minimum Gasteiger partial charge on any atom is -0.495 e. The molecule has 0 aromatic heterocycles. The third-order valence-corrected chi connectivity index (χ3v) is 3.95. The number of amides is 1. The molecular weight excluding hydrogens is 292 g/mol. The zero-order valence-electron chi connectivity index (χ0n) is 12.3. The van der Waals surface area contributed by atoms with Crippen LogP contribution in [0.25, 0.3) is 0 Å². The number of nitrogens with zero attached hydrogens (tertiary/aromatic N) is 2. The van der Waals surface area contributed by atoms with Gasteiger partial charge in [-0.3, -0.25) is 14.5 Å². The smallest absolute Gasteiger partial charge is 0.219 e. The van der Waals surface area contributed by atoms with Gasteiger partial charge in [-0.15, -0.1) is 0 Å². The molecule has 1 amide bonds. The molecule has 21 heavy (non-hydrogen) atoms. The van der Waals surface area contributed by atoms with Crippen LogP contribution in [0, 0.1) is 0 Å². The van der Waals surface area contributed by atoms with E-state index in [1.165, 1.54) is 7.11 Å². The standard InChI is InChI=1S/C15H19ClN2O3/c1-11(19)18-7-5-17(6-8-18)10-14(20)12-3-4-15(21-2)13(16)9-12/h3-4,9H,5-8,10H2,1-2H3.